The van der Waals surface area contributed by atoms with Crippen LogP contribution in [0.3, 0.4) is 0 Å². The van der Waals surface area contributed by atoms with Gasteiger partial charge in [0.1, 0.15) is 0 Å². The molecule has 0 amide bonds. The first-order valence-corrected chi connectivity index (χ1v) is 6.22. The van der Waals surface area contributed by atoms with E-state index in [9.17, 15) is 4.79 Å². The molecule has 0 saturated heterocycles. The molecular weight excluding hydrogens is 284 g/mol. The highest BCUT2D eigenvalue weighted by Crippen LogP contribution is 2.48. The Labute approximate surface area is 110 Å². The average molecular weight is 301 g/mol. The molecule has 1 saturated carbocycles. The molecule has 2 rings (SSSR count). The van der Waals surface area contributed by atoms with Crippen LogP contribution in [0.2, 0.25) is 0 Å². The molecule has 1 aliphatic rings. The van der Waals surface area contributed by atoms with E-state index in [0.717, 1.165) is 22.9 Å². The van der Waals surface area contributed by atoms with Crippen molar-refractivity contribution in [1.29, 1.82) is 0 Å². The van der Waals surface area contributed by atoms with Gasteiger partial charge in [0.15, 0.2) is 0 Å². The van der Waals surface area contributed by atoms with E-state index in [1.165, 1.54) is 7.11 Å². The predicted octanol–water partition coefficient (Wildman–Crippen LogP) is 2.47. The first-order valence-electron chi connectivity index (χ1n) is 5.43. The molecule has 0 bridgehead atoms. The minimum Gasteiger partial charge on any atom is -0.468 e. The Hall–Kier alpha value is -0.870. The van der Waals surface area contributed by atoms with E-state index >= 15 is 0 Å². The van der Waals surface area contributed by atoms with Crippen molar-refractivity contribution in [3.8, 4) is 0 Å². The third-order valence-corrected chi connectivity index (χ3v) is 3.84. The van der Waals surface area contributed by atoms with E-state index in [4.69, 9.17) is 4.74 Å². The summed E-state index contributed by atoms with van der Waals surface area (Å²) >= 11 is 3.44. The zero-order chi connectivity index (χ0) is 11.8. The average Bonchev–Trinajstić information content (AvgIpc) is 2.23. The molecule has 0 aromatic heterocycles. The maximum Gasteiger partial charge on any atom is 0.316 e. The minimum absolute atomic E-state index is 0. The third kappa shape index (κ3) is 2.38. The first-order chi connectivity index (χ1) is 7.58. The number of esters is 1. The molecule has 1 aromatic carbocycles. The molecule has 2 N–H and O–H groups in total. The molecule has 1 aliphatic carbocycles. The minimum atomic E-state index is -0.405. The number of ether oxygens (including phenoxy) is 1. The smallest absolute Gasteiger partial charge is 0.316 e. The molecule has 1 fully saturated rings. The van der Waals surface area contributed by atoms with Crippen molar-refractivity contribution in [2.24, 2.45) is 5.92 Å². The van der Waals surface area contributed by atoms with Gasteiger partial charge in [-0.05, 0) is 36.5 Å². The highest BCUT2D eigenvalue weighted by atomic mass is 79.9. The maximum atomic E-state index is 11.9. The zero-order valence-electron chi connectivity index (χ0n) is 10.00. The number of carbonyl (C=O) groups excluding carboxylic acids is 1. The van der Waals surface area contributed by atoms with Crippen LogP contribution in [-0.2, 0) is 14.9 Å². The summed E-state index contributed by atoms with van der Waals surface area (Å²) in [5, 5.41) is 0. The lowest BCUT2D eigenvalue weighted by atomic mass is 9.59. The monoisotopic (exact) mass is 300 g/mol. The Morgan fingerprint density at radius 1 is 1.47 bits per heavy atom. The topological polar surface area (TPSA) is 57.8 Å². The highest BCUT2D eigenvalue weighted by Gasteiger charge is 2.50. The fourth-order valence-corrected chi connectivity index (χ4v) is 3.03. The van der Waals surface area contributed by atoms with Crippen LogP contribution >= 0.6 is 15.9 Å². The molecule has 17 heavy (non-hydrogen) atoms. The van der Waals surface area contributed by atoms with Gasteiger partial charge in [0.05, 0.1) is 12.5 Å². The molecule has 0 heterocycles. The molecule has 4 heteroatoms. The second kappa shape index (κ2) is 5.19. The van der Waals surface area contributed by atoms with Gasteiger partial charge in [0.2, 0.25) is 0 Å². The van der Waals surface area contributed by atoms with Gasteiger partial charge in [-0.15, -0.1) is 0 Å². The summed E-state index contributed by atoms with van der Waals surface area (Å²) < 4.78 is 5.95. The van der Waals surface area contributed by atoms with Gasteiger partial charge < -0.3 is 10.2 Å². The van der Waals surface area contributed by atoms with Crippen molar-refractivity contribution < 1.29 is 15.0 Å². The zero-order valence-corrected chi connectivity index (χ0v) is 11.6. The number of hydrogen-bond donors (Lipinski definition) is 0. The number of halogens is 1. The normalized spacial score (nSPS) is 26.6. The fourth-order valence-electron chi connectivity index (χ4n) is 2.63. The number of hydrogen-bond acceptors (Lipinski definition) is 2. The van der Waals surface area contributed by atoms with E-state index in [2.05, 4.69) is 22.9 Å². The molecule has 0 atom stereocenters. The molecule has 0 spiro atoms. The van der Waals surface area contributed by atoms with E-state index in [0.29, 0.717) is 5.92 Å². The van der Waals surface area contributed by atoms with Crippen LogP contribution in [0.4, 0.5) is 0 Å². The summed E-state index contributed by atoms with van der Waals surface area (Å²) in [6, 6.07) is 7.96. The van der Waals surface area contributed by atoms with Gasteiger partial charge in [0, 0.05) is 4.47 Å². The van der Waals surface area contributed by atoms with Crippen LogP contribution in [0.1, 0.15) is 25.3 Å². The Morgan fingerprint density at radius 2 is 2.12 bits per heavy atom. The first kappa shape index (κ1) is 14.2. The van der Waals surface area contributed by atoms with Crippen LogP contribution in [0.25, 0.3) is 0 Å². The summed E-state index contributed by atoms with van der Waals surface area (Å²) in [4.78, 5) is 11.9. The molecule has 0 aliphatic heterocycles. The van der Waals surface area contributed by atoms with Crippen molar-refractivity contribution in [3.63, 3.8) is 0 Å². The lowest BCUT2D eigenvalue weighted by Crippen LogP contribution is -2.47. The second-order valence-electron chi connectivity index (χ2n) is 4.60. The van der Waals surface area contributed by atoms with E-state index < -0.39 is 5.41 Å². The van der Waals surface area contributed by atoms with Crippen LogP contribution in [0.5, 0.6) is 0 Å². The number of benzene rings is 1. The van der Waals surface area contributed by atoms with Gasteiger partial charge >= 0.3 is 5.97 Å². The Morgan fingerprint density at radius 3 is 2.59 bits per heavy atom. The molecule has 94 valence electrons. The number of carbonyl (C=O) groups is 1. The van der Waals surface area contributed by atoms with E-state index in [1.807, 2.05) is 24.3 Å². The third-order valence-electron chi connectivity index (χ3n) is 3.35. The van der Waals surface area contributed by atoms with Crippen LogP contribution in [-0.4, -0.2) is 18.6 Å². The summed E-state index contributed by atoms with van der Waals surface area (Å²) in [6.07, 6.45) is 1.77. The van der Waals surface area contributed by atoms with Gasteiger partial charge in [-0.3, -0.25) is 4.79 Å². The largest absolute Gasteiger partial charge is 0.468 e. The predicted molar refractivity (Wildman–Crippen MR) is 69.8 cm³/mol. The molecular formula is C13H17BrO3. The van der Waals surface area contributed by atoms with Gasteiger partial charge in [0.25, 0.3) is 0 Å². The van der Waals surface area contributed by atoms with Gasteiger partial charge in [-0.2, -0.15) is 0 Å². The Kier molecular flexibility index (Phi) is 4.33. The molecule has 0 unspecified atom stereocenters. The van der Waals surface area contributed by atoms with Crippen molar-refractivity contribution in [2.45, 2.75) is 25.2 Å². The SMILES string of the molecule is COC(=O)C1(c2cccc(Br)c2)CC(C)C1.O. The fraction of sp³-hybridized carbons (Fsp3) is 0.462. The number of rotatable bonds is 2. The van der Waals surface area contributed by atoms with Crippen LogP contribution < -0.4 is 0 Å². The lowest BCUT2D eigenvalue weighted by molar-refractivity contribution is -0.153. The van der Waals surface area contributed by atoms with Crippen molar-refractivity contribution in [2.75, 3.05) is 7.11 Å². The lowest BCUT2D eigenvalue weighted by Gasteiger charge is -2.44. The van der Waals surface area contributed by atoms with Crippen molar-refractivity contribution in [1.82, 2.24) is 0 Å². The summed E-state index contributed by atoms with van der Waals surface area (Å²) in [7, 11) is 1.46. The van der Waals surface area contributed by atoms with E-state index in [-0.39, 0.29) is 11.4 Å². The Balaban J connectivity index is 0.00000144. The van der Waals surface area contributed by atoms with Crippen molar-refractivity contribution >= 4 is 21.9 Å². The molecule has 3 nitrogen and oxygen atoms in total. The van der Waals surface area contributed by atoms with Gasteiger partial charge in [-0.25, -0.2) is 0 Å². The van der Waals surface area contributed by atoms with Crippen LogP contribution in [0.15, 0.2) is 28.7 Å². The summed E-state index contributed by atoms with van der Waals surface area (Å²) in [6.45, 7) is 2.17. The second-order valence-corrected chi connectivity index (χ2v) is 5.51. The summed E-state index contributed by atoms with van der Waals surface area (Å²) in [5.74, 6) is 0.488. The standard InChI is InChI=1S/C13H15BrO2.H2O/c1-9-7-13(8-9,12(15)16-2)10-4-3-5-11(14)6-10;/h3-6,9H,7-8H2,1-2H3;1H2. The van der Waals surface area contributed by atoms with E-state index in [1.54, 1.807) is 0 Å². The van der Waals surface area contributed by atoms with Crippen LogP contribution in [0, 0.1) is 5.92 Å². The number of methoxy groups -OCH3 is 1. The van der Waals surface area contributed by atoms with Crippen molar-refractivity contribution in [3.05, 3.63) is 34.3 Å². The quantitative estimate of drug-likeness (QED) is 0.788. The molecule has 0 radical (unpaired) electrons. The maximum absolute atomic E-state index is 11.9. The van der Waals surface area contributed by atoms with Gasteiger partial charge in [-0.1, -0.05) is 35.0 Å². The molecule has 1 aromatic rings. The summed E-state index contributed by atoms with van der Waals surface area (Å²) in [5.41, 5.74) is 0.657. The Bertz CT molecular complexity index is 411. The highest BCUT2D eigenvalue weighted by molar-refractivity contribution is 9.10.